The Morgan fingerprint density at radius 2 is 1.83 bits per heavy atom. The molecule has 6 heteroatoms. The number of carbonyl (C=O) groups excluding carboxylic acids is 1. The minimum atomic E-state index is -0.151. The van der Waals surface area contributed by atoms with Crippen LogP contribution in [0.2, 0.25) is 0 Å². The second kappa shape index (κ2) is 7.86. The summed E-state index contributed by atoms with van der Waals surface area (Å²) in [7, 11) is 1.90. The van der Waals surface area contributed by atoms with Crippen LogP contribution in [0.25, 0.3) is 0 Å². The molecule has 1 aromatic carbocycles. The van der Waals surface area contributed by atoms with Gasteiger partial charge in [-0.05, 0) is 45.9 Å². The van der Waals surface area contributed by atoms with Gasteiger partial charge in [-0.25, -0.2) is 0 Å². The number of aryl methyl sites for hydroxylation is 2. The zero-order chi connectivity index (χ0) is 17.7. The van der Waals surface area contributed by atoms with Crippen LogP contribution >= 0.6 is 0 Å². The maximum absolute atomic E-state index is 12.4. The lowest BCUT2D eigenvalue weighted by Crippen LogP contribution is -2.23. The number of carbonyl (C=O) groups is 1. The first kappa shape index (κ1) is 17.8. The second-order valence-electron chi connectivity index (χ2n) is 5.48. The van der Waals surface area contributed by atoms with E-state index in [2.05, 4.69) is 10.4 Å². The number of amides is 1. The quantitative estimate of drug-likeness (QED) is 0.847. The van der Waals surface area contributed by atoms with Crippen molar-refractivity contribution in [2.45, 2.75) is 34.2 Å². The fourth-order valence-corrected chi connectivity index (χ4v) is 2.54. The SMILES string of the molecule is CCOc1ccc(C(=O)NCc2c(C)nn(C)c2C)cc1OCC. The van der Waals surface area contributed by atoms with Crippen LogP contribution < -0.4 is 14.8 Å². The van der Waals surface area contributed by atoms with E-state index in [9.17, 15) is 4.79 Å². The molecule has 1 aromatic heterocycles. The molecule has 2 aromatic rings. The average molecular weight is 331 g/mol. The number of nitrogens with zero attached hydrogens (tertiary/aromatic N) is 2. The predicted octanol–water partition coefficient (Wildman–Crippen LogP) is 2.76. The molecule has 0 radical (unpaired) electrons. The minimum Gasteiger partial charge on any atom is -0.490 e. The molecule has 0 unspecified atom stereocenters. The molecule has 0 aliphatic heterocycles. The number of ether oxygens (including phenoxy) is 2. The van der Waals surface area contributed by atoms with Gasteiger partial charge in [0, 0.05) is 30.4 Å². The molecule has 0 atom stereocenters. The van der Waals surface area contributed by atoms with Gasteiger partial charge in [0.15, 0.2) is 11.5 Å². The molecule has 2 rings (SSSR count). The summed E-state index contributed by atoms with van der Waals surface area (Å²) in [6.07, 6.45) is 0. The van der Waals surface area contributed by atoms with Crippen molar-refractivity contribution in [3.05, 3.63) is 40.7 Å². The number of benzene rings is 1. The zero-order valence-electron chi connectivity index (χ0n) is 15.0. The molecule has 0 aliphatic carbocycles. The van der Waals surface area contributed by atoms with Crippen molar-refractivity contribution in [2.24, 2.45) is 7.05 Å². The molecular weight excluding hydrogens is 306 g/mol. The van der Waals surface area contributed by atoms with E-state index in [0.29, 0.717) is 36.8 Å². The molecule has 130 valence electrons. The molecule has 0 saturated heterocycles. The van der Waals surface area contributed by atoms with Gasteiger partial charge < -0.3 is 14.8 Å². The van der Waals surface area contributed by atoms with E-state index in [1.165, 1.54) is 0 Å². The van der Waals surface area contributed by atoms with E-state index in [1.807, 2.05) is 39.4 Å². The van der Waals surface area contributed by atoms with Gasteiger partial charge in [-0.1, -0.05) is 0 Å². The highest BCUT2D eigenvalue weighted by Gasteiger charge is 2.14. The molecule has 0 spiro atoms. The van der Waals surface area contributed by atoms with Crippen LogP contribution in [-0.4, -0.2) is 28.9 Å². The van der Waals surface area contributed by atoms with Crippen molar-refractivity contribution in [3.63, 3.8) is 0 Å². The smallest absolute Gasteiger partial charge is 0.251 e. The highest BCUT2D eigenvalue weighted by atomic mass is 16.5. The third-order valence-corrected chi connectivity index (χ3v) is 3.89. The Morgan fingerprint density at radius 1 is 1.17 bits per heavy atom. The predicted molar refractivity (Wildman–Crippen MR) is 92.6 cm³/mol. The van der Waals surface area contributed by atoms with Crippen LogP contribution in [0, 0.1) is 13.8 Å². The number of rotatable bonds is 7. The maximum Gasteiger partial charge on any atom is 0.251 e. The van der Waals surface area contributed by atoms with Gasteiger partial charge >= 0.3 is 0 Å². The molecular formula is C18H25N3O3. The lowest BCUT2D eigenvalue weighted by molar-refractivity contribution is 0.0950. The van der Waals surface area contributed by atoms with Gasteiger partial charge in [-0.2, -0.15) is 5.10 Å². The normalized spacial score (nSPS) is 10.5. The van der Waals surface area contributed by atoms with Gasteiger partial charge in [0.05, 0.1) is 18.9 Å². The molecule has 0 aliphatic rings. The van der Waals surface area contributed by atoms with E-state index in [0.717, 1.165) is 17.0 Å². The second-order valence-corrected chi connectivity index (χ2v) is 5.48. The largest absolute Gasteiger partial charge is 0.490 e. The Balaban J connectivity index is 2.13. The molecule has 0 fully saturated rings. The highest BCUT2D eigenvalue weighted by Crippen LogP contribution is 2.28. The van der Waals surface area contributed by atoms with Gasteiger partial charge in [0.25, 0.3) is 5.91 Å². The summed E-state index contributed by atoms with van der Waals surface area (Å²) < 4.78 is 12.9. The Kier molecular flexibility index (Phi) is 5.84. The van der Waals surface area contributed by atoms with Crippen LogP contribution in [0.5, 0.6) is 11.5 Å². The molecule has 1 N–H and O–H groups in total. The van der Waals surface area contributed by atoms with E-state index < -0.39 is 0 Å². The van der Waals surface area contributed by atoms with Crippen LogP contribution in [0.3, 0.4) is 0 Å². The summed E-state index contributed by atoms with van der Waals surface area (Å²) in [4.78, 5) is 12.4. The lowest BCUT2D eigenvalue weighted by atomic mass is 10.1. The molecule has 1 amide bonds. The van der Waals surface area contributed by atoms with Crippen molar-refractivity contribution in [1.82, 2.24) is 15.1 Å². The van der Waals surface area contributed by atoms with Crippen LogP contribution in [0.4, 0.5) is 0 Å². The van der Waals surface area contributed by atoms with E-state index in [4.69, 9.17) is 9.47 Å². The third kappa shape index (κ3) is 3.88. The average Bonchev–Trinajstić information content (AvgIpc) is 2.80. The van der Waals surface area contributed by atoms with Gasteiger partial charge in [0.2, 0.25) is 0 Å². The summed E-state index contributed by atoms with van der Waals surface area (Å²) in [6, 6.07) is 5.22. The minimum absolute atomic E-state index is 0.151. The van der Waals surface area contributed by atoms with Crippen LogP contribution in [0.15, 0.2) is 18.2 Å². The fourth-order valence-electron chi connectivity index (χ4n) is 2.54. The van der Waals surface area contributed by atoms with Crippen molar-refractivity contribution < 1.29 is 14.3 Å². The van der Waals surface area contributed by atoms with Crippen molar-refractivity contribution >= 4 is 5.91 Å². The molecule has 24 heavy (non-hydrogen) atoms. The van der Waals surface area contributed by atoms with Crippen LogP contribution in [0.1, 0.15) is 41.2 Å². The Hall–Kier alpha value is -2.50. The van der Waals surface area contributed by atoms with Crippen molar-refractivity contribution in [1.29, 1.82) is 0 Å². The van der Waals surface area contributed by atoms with Crippen molar-refractivity contribution in [2.75, 3.05) is 13.2 Å². The molecule has 6 nitrogen and oxygen atoms in total. The topological polar surface area (TPSA) is 65.4 Å². The maximum atomic E-state index is 12.4. The highest BCUT2D eigenvalue weighted by molar-refractivity contribution is 5.94. The summed E-state index contributed by atoms with van der Waals surface area (Å²) >= 11 is 0. The molecule has 1 heterocycles. The number of nitrogens with one attached hydrogen (secondary N) is 1. The lowest BCUT2D eigenvalue weighted by Gasteiger charge is -2.12. The summed E-state index contributed by atoms with van der Waals surface area (Å²) in [5.74, 6) is 1.08. The Labute approximate surface area is 142 Å². The summed E-state index contributed by atoms with van der Waals surface area (Å²) in [5.41, 5.74) is 3.56. The Morgan fingerprint density at radius 3 is 2.42 bits per heavy atom. The first-order valence-corrected chi connectivity index (χ1v) is 8.14. The standard InChI is InChI=1S/C18H25N3O3/c1-6-23-16-9-8-14(10-17(16)24-7-2)18(22)19-11-15-12(3)20-21(5)13(15)4/h8-10H,6-7,11H2,1-5H3,(H,19,22). The summed E-state index contributed by atoms with van der Waals surface area (Å²) in [5, 5.41) is 7.30. The molecule has 0 saturated carbocycles. The van der Waals surface area contributed by atoms with Gasteiger partial charge in [0.1, 0.15) is 0 Å². The van der Waals surface area contributed by atoms with Gasteiger partial charge in [-0.3, -0.25) is 9.48 Å². The monoisotopic (exact) mass is 331 g/mol. The van der Waals surface area contributed by atoms with E-state index in [-0.39, 0.29) is 5.91 Å². The fraction of sp³-hybridized carbons (Fsp3) is 0.444. The first-order chi connectivity index (χ1) is 11.5. The number of aromatic nitrogens is 2. The molecule has 0 bridgehead atoms. The number of hydrogen-bond acceptors (Lipinski definition) is 4. The first-order valence-electron chi connectivity index (χ1n) is 8.14. The third-order valence-electron chi connectivity index (χ3n) is 3.89. The van der Waals surface area contributed by atoms with Crippen LogP contribution in [-0.2, 0) is 13.6 Å². The van der Waals surface area contributed by atoms with E-state index in [1.54, 1.807) is 18.2 Å². The zero-order valence-corrected chi connectivity index (χ0v) is 15.0. The van der Waals surface area contributed by atoms with E-state index >= 15 is 0 Å². The van der Waals surface area contributed by atoms with Gasteiger partial charge in [-0.15, -0.1) is 0 Å². The summed E-state index contributed by atoms with van der Waals surface area (Å²) in [6.45, 7) is 9.25. The van der Waals surface area contributed by atoms with Crippen molar-refractivity contribution in [3.8, 4) is 11.5 Å². The number of hydrogen-bond donors (Lipinski definition) is 1. The Bertz CT molecular complexity index is 723.